The Kier molecular flexibility index (Phi) is 5.06. The van der Waals surface area contributed by atoms with Gasteiger partial charge in [-0.15, -0.1) is 0 Å². The van der Waals surface area contributed by atoms with Crippen molar-refractivity contribution in [1.82, 2.24) is 10.3 Å². The molecule has 0 radical (unpaired) electrons. The molecule has 0 atom stereocenters. The van der Waals surface area contributed by atoms with Crippen molar-refractivity contribution in [2.45, 2.75) is 19.3 Å². The van der Waals surface area contributed by atoms with E-state index in [4.69, 9.17) is 9.84 Å². The number of amides is 1. The molecular formula is C14H18N2O4. The number of ether oxygens (including phenoxy) is 1. The number of carboxylic acids is 1. The van der Waals surface area contributed by atoms with E-state index in [0.29, 0.717) is 19.6 Å². The van der Waals surface area contributed by atoms with Crippen LogP contribution in [-0.2, 0) is 4.74 Å². The standard InChI is InChI=1S/C14H18N2O4/c17-13(12-11(14(18)19)3-1-6-15-12)16-7-2-8-20-9-10-4-5-10/h1,3,6,10H,2,4-5,7-9H2,(H,16,17)(H,18,19). The predicted molar refractivity (Wildman–Crippen MR) is 71.7 cm³/mol. The van der Waals surface area contributed by atoms with Gasteiger partial charge >= 0.3 is 5.97 Å². The van der Waals surface area contributed by atoms with Gasteiger partial charge in [-0.1, -0.05) is 0 Å². The van der Waals surface area contributed by atoms with Gasteiger partial charge in [0.15, 0.2) is 0 Å². The van der Waals surface area contributed by atoms with Crippen LogP contribution in [0.3, 0.4) is 0 Å². The second-order valence-electron chi connectivity index (χ2n) is 4.83. The van der Waals surface area contributed by atoms with Crippen LogP contribution in [0.15, 0.2) is 18.3 Å². The molecule has 0 bridgehead atoms. The van der Waals surface area contributed by atoms with E-state index in [0.717, 1.165) is 12.5 Å². The Hall–Kier alpha value is -1.95. The topological polar surface area (TPSA) is 88.5 Å². The van der Waals surface area contributed by atoms with Gasteiger partial charge in [0.2, 0.25) is 0 Å². The van der Waals surface area contributed by atoms with Gasteiger partial charge in [0.05, 0.1) is 5.56 Å². The molecule has 0 spiro atoms. The summed E-state index contributed by atoms with van der Waals surface area (Å²) in [6, 6.07) is 2.86. The van der Waals surface area contributed by atoms with E-state index in [9.17, 15) is 9.59 Å². The lowest BCUT2D eigenvalue weighted by molar-refractivity contribution is 0.0689. The number of hydrogen-bond acceptors (Lipinski definition) is 4. The smallest absolute Gasteiger partial charge is 0.338 e. The Bertz CT molecular complexity index is 486. The monoisotopic (exact) mass is 278 g/mol. The molecule has 1 aliphatic carbocycles. The van der Waals surface area contributed by atoms with Crippen molar-refractivity contribution in [3.05, 3.63) is 29.6 Å². The van der Waals surface area contributed by atoms with Gasteiger partial charge < -0.3 is 15.2 Å². The number of nitrogens with zero attached hydrogens (tertiary/aromatic N) is 1. The zero-order valence-corrected chi connectivity index (χ0v) is 11.2. The third-order valence-corrected chi connectivity index (χ3v) is 3.05. The Morgan fingerprint density at radius 3 is 2.95 bits per heavy atom. The first-order valence-corrected chi connectivity index (χ1v) is 6.72. The van der Waals surface area contributed by atoms with Gasteiger partial charge in [0.25, 0.3) is 5.91 Å². The van der Waals surface area contributed by atoms with Crippen LogP contribution in [0.5, 0.6) is 0 Å². The van der Waals surface area contributed by atoms with Crippen LogP contribution in [0.2, 0.25) is 0 Å². The fourth-order valence-electron chi connectivity index (χ4n) is 1.75. The highest BCUT2D eigenvalue weighted by Crippen LogP contribution is 2.28. The molecule has 1 fully saturated rings. The summed E-state index contributed by atoms with van der Waals surface area (Å²) in [4.78, 5) is 26.6. The van der Waals surface area contributed by atoms with Gasteiger partial charge in [-0.25, -0.2) is 4.79 Å². The fraction of sp³-hybridized carbons (Fsp3) is 0.500. The van der Waals surface area contributed by atoms with Crippen molar-refractivity contribution in [3.8, 4) is 0 Å². The summed E-state index contributed by atoms with van der Waals surface area (Å²) in [5.41, 5.74) is -0.145. The van der Waals surface area contributed by atoms with E-state index < -0.39 is 11.9 Å². The van der Waals surface area contributed by atoms with Crippen molar-refractivity contribution in [3.63, 3.8) is 0 Å². The fourth-order valence-corrected chi connectivity index (χ4v) is 1.75. The summed E-state index contributed by atoms with van der Waals surface area (Å²) in [5, 5.41) is 11.6. The van der Waals surface area contributed by atoms with Crippen molar-refractivity contribution in [2.75, 3.05) is 19.8 Å². The third kappa shape index (κ3) is 4.31. The first kappa shape index (κ1) is 14.5. The van der Waals surface area contributed by atoms with Crippen molar-refractivity contribution >= 4 is 11.9 Å². The molecule has 0 aliphatic heterocycles. The lowest BCUT2D eigenvalue weighted by atomic mass is 10.2. The number of carboxylic acid groups (broad SMARTS) is 1. The zero-order chi connectivity index (χ0) is 14.4. The van der Waals surface area contributed by atoms with E-state index in [2.05, 4.69) is 10.3 Å². The molecule has 1 amide bonds. The molecule has 108 valence electrons. The average Bonchev–Trinajstić information content (AvgIpc) is 3.26. The molecule has 1 aromatic heterocycles. The summed E-state index contributed by atoms with van der Waals surface area (Å²) in [5.74, 6) is -0.891. The summed E-state index contributed by atoms with van der Waals surface area (Å²) in [6.45, 7) is 1.85. The van der Waals surface area contributed by atoms with Crippen LogP contribution < -0.4 is 5.32 Å². The number of carbonyl (C=O) groups excluding carboxylic acids is 1. The van der Waals surface area contributed by atoms with E-state index in [-0.39, 0.29) is 11.3 Å². The van der Waals surface area contributed by atoms with Crippen LogP contribution in [-0.4, -0.2) is 41.7 Å². The molecule has 2 N–H and O–H groups in total. The van der Waals surface area contributed by atoms with Gasteiger partial charge in [0, 0.05) is 26.0 Å². The number of pyridine rings is 1. The van der Waals surface area contributed by atoms with E-state index in [1.807, 2.05) is 0 Å². The molecule has 6 nitrogen and oxygen atoms in total. The molecule has 0 aromatic carbocycles. The molecule has 1 saturated carbocycles. The van der Waals surface area contributed by atoms with Crippen LogP contribution in [0.25, 0.3) is 0 Å². The summed E-state index contributed by atoms with van der Waals surface area (Å²) in [6.07, 6.45) is 4.62. The Labute approximate surface area is 117 Å². The predicted octanol–water partition coefficient (Wildman–Crippen LogP) is 1.33. The Balaban J connectivity index is 1.72. The molecule has 0 saturated heterocycles. The SMILES string of the molecule is O=C(O)c1cccnc1C(=O)NCCCOCC1CC1. The largest absolute Gasteiger partial charge is 0.478 e. The number of hydrogen-bond donors (Lipinski definition) is 2. The molecule has 1 aliphatic rings. The highest BCUT2D eigenvalue weighted by Gasteiger charge is 2.21. The first-order chi connectivity index (χ1) is 9.68. The molecule has 20 heavy (non-hydrogen) atoms. The van der Waals surface area contributed by atoms with Crippen molar-refractivity contribution < 1.29 is 19.4 Å². The van der Waals surface area contributed by atoms with Crippen LogP contribution >= 0.6 is 0 Å². The first-order valence-electron chi connectivity index (χ1n) is 6.72. The minimum atomic E-state index is -1.16. The van der Waals surface area contributed by atoms with E-state index >= 15 is 0 Å². The van der Waals surface area contributed by atoms with Crippen LogP contribution in [0.1, 0.15) is 40.1 Å². The number of carbonyl (C=O) groups is 2. The highest BCUT2D eigenvalue weighted by molar-refractivity contribution is 6.03. The minimum Gasteiger partial charge on any atom is -0.478 e. The lowest BCUT2D eigenvalue weighted by Gasteiger charge is -2.07. The highest BCUT2D eigenvalue weighted by atomic mass is 16.5. The van der Waals surface area contributed by atoms with Gasteiger partial charge in [0.1, 0.15) is 5.69 Å². The van der Waals surface area contributed by atoms with E-state index in [1.165, 1.54) is 31.2 Å². The van der Waals surface area contributed by atoms with E-state index in [1.54, 1.807) is 0 Å². The molecule has 1 heterocycles. The summed E-state index contributed by atoms with van der Waals surface area (Å²) >= 11 is 0. The van der Waals surface area contributed by atoms with Crippen LogP contribution in [0.4, 0.5) is 0 Å². The Morgan fingerprint density at radius 1 is 1.45 bits per heavy atom. The maximum Gasteiger partial charge on any atom is 0.338 e. The average molecular weight is 278 g/mol. The quantitative estimate of drug-likeness (QED) is 0.700. The number of rotatable bonds is 8. The van der Waals surface area contributed by atoms with Crippen LogP contribution in [0, 0.1) is 5.92 Å². The Morgan fingerprint density at radius 2 is 2.25 bits per heavy atom. The van der Waals surface area contributed by atoms with Gasteiger partial charge in [-0.3, -0.25) is 9.78 Å². The minimum absolute atomic E-state index is 0.0566. The summed E-state index contributed by atoms with van der Waals surface area (Å²) < 4.78 is 5.45. The number of nitrogens with one attached hydrogen (secondary N) is 1. The molecule has 6 heteroatoms. The van der Waals surface area contributed by atoms with Crippen molar-refractivity contribution in [2.24, 2.45) is 5.92 Å². The maximum atomic E-state index is 11.8. The zero-order valence-electron chi connectivity index (χ0n) is 11.2. The third-order valence-electron chi connectivity index (χ3n) is 3.05. The molecule has 1 aromatic rings. The molecule has 2 rings (SSSR count). The number of aromatic carboxylic acids is 1. The molecular weight excluding hydrogens is 260 g/mol. The number of aromatic nitrogens is 1. The van der Waals surface area contributed by atoms with Gasteiger partial charge in [-0.2, -0.15) is 0 Å². The summed E-state index contributed by atoms with van der Waals surface area (Å²) in [7, 11) is 0. The molecule has 0 unspecified atom stereocenters. The lowest BCUT2D eigenvalue weighted by Crippen LogP contribution is -2.28. The van der Waals surface area contributed by atoms with Crippen molar-refractivity contribution in [1.29, 1.82) is 0 Å². The second kappa shape index (κ2) is 7.00. The second-order valence-corrected chi connectivity index (χ2v) is 4.83. The normalized spacial score (nSPS) is 14.0. The van der Waals surface area contributed by atoms with Gasteiger partial charge in [-0.05, 0) is 37.3 Å². The maximum absolute atomic E-state index is 11.8.